The molecule has 8 heteroatoms. The molecule has 1 aliphatic rings. The average Bonchev–Trinajstić information content (AvgIpc) is 2.70. The second-order valence-corrected chi connectivity index (χ2v) is 4.79. The van der Waals surface area contributed by atoms with Crippen LogP contribution in [-0.2, 0) is 4.79 Å². The van der Waals surface area contributed by atoms with Crippen LogP contribution in [0.3, 0.4) is 0 Å². The molecule has 1 aromatic rings. The van der Waals surface area contributed by atoms with Crippen LogP contribution in [0.15, 0.2) is 18.2 Å². The van der Waals surface area contributed by atoms with Crippen molar-refractivity contribution in [3.63, 3.8) is 0 Å². The summed E-state index contributed by atoms with van der Waals surface area (Å²) in [6.45, 7) is -0.972. The van der Waals surface area contributed by atoms with E-state index in [0.717, 1.165) is 12.1 Å². The standard InChI is InChI=1S/C13H14F4N2O2/c1-19-5-4-10(12(19)20)18-9-3-2-8(14)6-11(9)21-7-13(15,16)17/h2-3,6,10,18H,4-5,7H2,1H3/t10-/m0/s1. The van der Waals surface area contributed by atoms with Crippen LogP contribution in [0.2, 0.25) is 0 Å². The van der Waals surface area contributed by atoms with Gasteiger partial charge in [-0.3, -0.25) is 4.79 Å². The summed E-state index contributed by atoms with van der Waals surface area (Å²) in [5.74, 6) is -1.15. The summed E-state index contributed by atoms with van der Waals surface area (Å²) < 4.78 is 54.3. The average molecular weight is 306 g/mol. The van der Waals surface area contributed by atoms with E-state index in [0.29, 0.717) is 13.0 Å². The first kappa shape index (κ1) is 15.4. The minimum Gasteiger partial charge on any atom is -0.482 e. The normalized spacial score (nSPS) is 19.0. The lowest BCUT2D eigenvalue weighted by Gasteiger charge is -2.17. The predicted molar refractivity (Wildman–Crippen MR) is 67.6 cm³/mol. The minimum atomic E-state index is -4.52. The van der Waals surface area contributed by atoms with Crippen molar-refractivity contribution in [2.75, 3.05) is 25.5 Å². The van der Waals surface area contributed by atoms with Gasteiger partial charge in [-0.1, -0.05) is 0 Å². The van der Waals surface area contributed by atoms with Crippen LogP contribution in [0.4, 0.5) is 23.2 Å². The number of anilines is 1. The van der Waals surface area contributed by atoms with E-state index in [1.54, 1.807) is 7.05 Å². The molecule has 0 unspecified atom stereocenters. The maximum absolute atomic E-state index is 13.2. The number of hydrogen-bond donors (Lipinski definition) is 1. The number of benzene rings is 1. The Balaban J connectivity index is 2.13. The van der Waals surface area contributed by atoms with Gasteiger partial charge in [0.2, 0.25) is 5.91 Å². The zero-order valence-corrected chi connectivity index (χ0v) is 11.2. The first-order valence-corrected chi connectivity index (χ1v) is 6.27. The van der Waals surface area contributed by atoms with Crippen molar-refractivity contribution in [1.82, 2.24) is 4.90 Å². The number of halogens is 4. The number of nitrogens with one attached hydrogen (secondary N) is 1. The van der Waals surface area contributed by atoms with Gasteiger partial charge in [-0.2, -0.15) is 13.2 Å². The summed E-state index contributed by atoms with van der Waals surface area (Å²) in [5.41, 5.74) is 0.161. The molecule has 4 nitrogen and oxygen atoms in total. The molecule has 0 aliphatic carbocycles. The fourth-order valence-corrected chi connectivity index (χ4v) is 2.04. The molecule has 116 valence electrons. The number of alkyl halides is 3. The fraction of sp³-hybridized carbons (Fsp3) is 0.462. The van der Waals surface area contributed by atoms with Crippen LogP contribution in [-0.4, -0.2) is 43.2 Å². The quantitative estimate of drug-likeness (QED) is 0.869. The van der Waals surface area contributed by atoms with E-state index in [9.17, 15) is 22.4 Å². The Labute approximate surface area is 118 Å². The molecular weight excluding hydrogens is 292 g/mol. The summed E-state index contributed by atoms with van der Waals surface area (Å²) in [4.78, 5) is 13.3. The number of carbonyl (C=O) groups is 1. The second-order valence-electron chi connectivity index (χ2n) is 4.79. The topological polar surface area (TPSA) is 41.6 Å². The Bertz CT molecular complexity index is 533. The molecule has 21 heavy (non-hydrogen) atoms. The lowest BCUT2D eigenvalue weighted by molar-refractivity contribution is -0.153. The van der Waals surface area contributed by atoms with E-state index in [-0.39, 0.29) is 17.3 Å². The number of likely N-dealkylation sites (N-methyl/N-ethyl adjacent to an activating group) is 1. The molecule has 1 aliphatic heterocycles. The van der Waals surface area contributed by atoms with Crippen LogP contribution in [0.25, 0.3) is 0 Å². The molecule has 1 saturated heterocycles. The number of nitrogens with zero attached hydrogens (tertiary/aromatic N) is 1. The van der Waals surface area contributed by atoms with Crippen LogP contribution >= 0.6 is 0 Å². The van der Waals surface area contributed by atoms with Gasteiger partial charge >= 0.3 is 6.18 Å². The summed E-state index contributed by atoms with van der Waals surface area (Å²) in [7, 11) is 1.63. The summed E-state index contributed by atoms with van der Waals surface area (Å²) >= 11 is 0. The van der Waals surface area contributed by atoms with Gasteiger partial charge in [0.25, 0.3) is 0 Å². The molecule has 1 heterocycles. The number of amides is 1. The molecular formula is C13H14F4N2O2. The van der Waals surface area contributed by atoms with Crippen LogP contribution in [0.5, 0.6) is 5.75 Å². The van der Waals surface area contributed by atoms with Gasteiger partial charge in [-0.25, -0.2) is 4.39 Å². The van der Waals surface area contributed by atoms with Crippen molar-refractivity contribution < 1.29 is 27.1 Å². The van der Waals surface area contributed by atoms with Gasteiger partial charge in [0.15, 0.2) is 6.61 Å². The van der Waals surface area contributed by atoms with Crippen LogP contribution in [0.1, 0.15) is 6.42 Å². The third kappa shape index (κ3) is 3.99. The minimum absolute atomic E-state index is 0.161. The highest BCUT2D eigenvalue weighted by molar-refractivity contribution is 5.87. The lowest BCUT2D eigenvalue weighted by Crippen LogP contribution is -2.31. The van der Waals surface area contributed by atoms with E-state index in [2.05, 4.69) is 10.1 Å². The first-order chi connectivity index (χ1) is 9.76. The zero-order valence-electron chi connectivity index (χ0n) is 11.2. The fourth-order valence-electron chi connectivity index (χ4n) is 2.04. The molecule has 0 bridgehead atoms. The van der Waals surface area contributed by atoms with E-state index in [1.165, 1.54) is 11.0 Å². The Kier molecular flexibility index (Phi) is 4.24. The largest absolute Gasteiger partial charge is 0.482 e. The van der Waals surface area contributed by atoms with Gasteiger partial charge in [0, 0.05) is 19.7 Å². The van der Waals surface area contributed by atoms with E-state index in [1.807, 2.05) is 0 Å². The smallest absolute Gasteiger partial charge is 0.422 e. The van der Waals surface area contributed by atoms with E-state index in [4.69, 9.17) is 0 Å². The van der Waals surface area contributed by atoms with Gasteiger partial charge in [0.05, 0.1) is 5.69 Å². The molecule has 0 aromatic heterocycles. The number of ether oxygens (including phenoxy) is 1. The third-order valence-electron chi connectivity index (χ3n) is 3.09. The van der Waals surface area contributed by atoms with Crippen molar-refractivity contribution in [3.8, 4) is 5.75 Å². The molecule has 1 atom stereocenters. The number of likely N-dealkylation sites (tertiary alicyclic amines) is 1. The number of hydrogen-bond acceptors (Lipinski definition) is 3. The zero-order chi connectivity index (χ0) is 15.6. The van der Waals surface area contributed by atoms with Crippen LogP contribution < -0.4 is 10.1 Å². The third-order valence-corrected chi connectivity index (χ3v) is 3.09. The number of carbonyl (C=O) groups excluding carboxylic acids is 1. The molecule has 1 amide bonds. The van der Waals surface area contributed by atoms with E-state index >= 15 is 0 Å². The van der Waals surface area contributed by atoms with Crippen molar-refractivity contribution in [2.45, 2.75) is 18.6 Å². The van der Waals surface area contributed by atoms with Gasteiger partial charge in [-0.05, 0) is 18.6 Å². The summed E-state index contributed by atoms with van der Waals surface area (Å²) in [5, 5.41) is 2.80. The second kappa shape index (κ2) is 5.79. The van der Waals surface area contributed by atoms with Crippen molar-refractivity contribution in [1.29, 1.82) is 0 Å². The summed E-state index contributed by atoms with van der Waals surface area (Å²) in [6.07, 6.45) is -4.00. The predicted octanol–water partition coefficient (Wildman–Crippen LogP) is 2.41. The SMILES string of the molecule is CN1CC[C@H](Nc2ccc(F)cc2OCC(F)(F)F)C1=O. The number of rotatable bonds is 4. The Morgan fingerprint density at radius 2 is 2.14 bits per heavy atom. The first-order valence-electron chi connectivity index (χ1n) is 6.27. The highest BCUT2D eigenvalue weighted by atomic mass is 19.4. The lowest BCUT2D eigenvalue weighted by atomic mass is 10.2. The highest BCUT2D eigenvalue weighted by Crippen LogP contribution is 2.29. The Morgan fingerprint density at radius 3 is 2.71 bits per heavy atom. The molecule has 0 saturated carbocycles. The van der Waals surface area contributed by atoms with Gasteiger partial charge < -0.3 is 15.0 Å². The van der Waals surface area contributed by atoms with Gasteiger partial charge in [0.1, 0.15) is 17.6 Å². The van der Waals surface area contributed by atoms with Crippen molar-refractivity contribution >= 4 is 11.6 Å². The Hall–Kier alpha value is -1.99. The molecule has 0 spiro atoms. The highest BCUT2D eigenvalue weighted by Gasteiger charge is 2.31. The summed E-state index contributed by atoms with van der Waals surface area (Å²) in [6, 6.07) is 2.66. The maximum atomic E-state index is 13.2. The monoisotopic (exact) mass is 306 g/mol. The molecule has 1 fully saturated rings. The maximum Gasteiger partial charge on any atom is 0.422 e. The Morgan fingerprint density at radius 1 is 1.43 bits per heavy atom. The van der Waals surface area contributed by atoms with E-state index < -0.39 is 24.6 Å². The molecule has 0 radical (unpaired) electrons. The van der Waals surface area contributed by atoms with Crippen molar-refractivity contribution in [3.05, 3.63) is 24.0 Å². The van der Waals surface area contributed by atoms with Gasteiger partial charge in [-0.15, -0.1) is 0 Å². The van der Waals surface area contributed by atoms with Crippen LogP contribution in [0, 0.1) is 5.82 Å². The van der Waals surface area contributed by atoms with Crippen molar-refractivity contribution in [2.24, 2.45) is 0 Å². The molecule has 1 N–H and O–H groups in total. The molecule has 1 aromatic carbocycles. The molecule has 2 rings (SSSR count).